The first kappa shape index (κ1) is 19.2. The van der Waals surface area contributed by atoms with Crippen molar-refractivity contribution in [1.29, 1.82) is 0 Å². The summed E-state index contributed by atoms with van der Waals surface area (Å²) in [5.74, 6) is -2.51. The number of hydrogen-bond donors (Lipinski definition) is 3. The Morgan fingerprint density at radius 3 is 2.15 bits per heavy atom. The molecule has 0 aromatic heterocycles. The fraction of sp³-hybridized carbons (Fsp3) is 0.263. The molecule has 0 saturated heterocycles. The highest BCUT2D eigenvalue weighted by atomic mass is 32.2. The number of hydrogen-bond acceptors (Lipinski definition) is 5. The van der Waals surface area contributed by atoms with Crippen LogP contribution in [0.3, 0.4) is 0 Å². The smallest absolute Gasteiger partial charge is 0.321 e. The van der Waals surface area contributed by atoms with Gasteiger partial charge in [0.05, 0.1) is 12.3 Å². The second-order valence-electron chi connectivity index (χ2n) is 6.17. The van der Waals surface area contributed by atoms with E-state index in [-0.39, 0.29) is 19.1 Å². The van der Waals surface area contributed by atoms with Gasteiger partial charge in [0.1, 0.15) is 12.6 Å². The number of carbonyl (C=O) groups is 2. The second-order valence-corrected chi connectivity index (χ2v) is 7.15. The Labute approximate surface area is 158 Å². The highest BCUT2D eigenvalue weighted by Crippen LogP contribution is 2.44. The van der Waals surface area contributed by atoms with Gasteiger partial charge in [0.25, 0.3) is 0 Å². The normalized spacial score (nSPS) is 14.9. The number of carboxylic acids is 1. The molecule has 0 fully saturated rings. The molecule has 3 rings (SSSR count). The van der Waals surface area contributed by atoms with Crippen LogP contribution in [0.25, 0.3) is 11.1 Å². The van der Waals surface area contributed by atoms with Crippen LogP contribution in [0.1, 0.15) is 17.0 Å². The number of aliphatic carboxylic acids is 1. The molecule has 0 bridgehead atoms. The molecule has 0 heterocycles. The Kier molecular flexibility index (Phi) is 6.00. The van der Waals surface area contributed by atoms with Crippen LogP contribution >= 0.6 is 0 Å². The highest BCUT2D eigenvalue weighted by molar-refractivity contribution is 7.79. The van der Waals surface area contributed by atoms with E-state index in [1.165, 1.54) is 0 Å². The molecule has 0 saturated carbocycles. The van der Waals surface area contributed by atoms with E-state index in [0.717, 1.165) is 22.3 Å². The molecule has 27 heavy (non-hydrogen) atoms. The molecular formula is C19H19NO6S. The summed E-state index contributed by atoms with van der Waals surface area (Å²) >= 11 is -2.28. The lowest BCUT2D eigenvalue weighted by Crippen LogP contribution is -2.43. The third kappa shape index (κ3) is 4.41. The summed E-state index contributed by atoms with van der Waals surface area (Å²) in [4.78, 5) is 23.0. The van der Waals surface area contributed by atoms with E-state index >= 15 is 0 Å². The predicted molar refractivity (Wildman–Crippen MR) is 99.7 cm³/mol. The van der Waals surface area contributed by atoms with Crippen molar-refractivity contribution in [3.05, 3.63) is 59.7 Å². The van der Waals surface area contributed by atoms with E-state index in [9.17, 15) is 13.8 Å². The number of carbonyl (C=O) groups excluding carboxylic acids is 1. The zero-order valence-electron chi connectivity index (χ0n) is 14.3. The molecule has 1 unspecified atom stereocenters. The number of carboxylic acid groups (broad SMARTS) is 1. The third-order valence-corrected chi connectivity index (χ3v) is 5.09. The van der Waals surface area contributed by atoms with Crippen LogP contribution in [-0.4, -0.2) is 50.8 Å². The van der Waals surface area contributed by atoms with Gasteiger partial charge >= 0.3 is 11.9 Å². The molecule has 7 nitrogen and oxygen atoms in total. The van der Waals surface area contributed by atoms with Gasteiger partial charge in [-0.05, 0) is 22.3 Å². The van der Waals surface area contributed by atoms with E-state index in [2.05, 4.69) is 5.32 Å². The number of nitrogens with one attached hydrogen (secondary N) is 1. The van der Waals surface area contributed by atoms with Crippen molar-refractivity contribution in [3.8, 4) is 11.1 Å². The van der Waals surface area contributed by atoms with Crippen molar-refractivity contribution in [1.82, 2.24) is 5.32 Å². The van der Waals surface area contributed by atoms with Crippen LogP contribution in [-0.2, 0) is 25.4 Å². The van der Waals surface area contributed by atoms with Gasteiger partial charge in [-0.2, -0.15) is 0 Å². The monoisotopic (exact) mass is 389 g/mol. The van der Waals surface area contributed by atoms with Crippen LogP contribution in [0.5, 0.6) is 0 Å². The fourth-order valence-electron chi connectivity index (χ4n) is 3.23. The van der Waals surface area contributed by atoms with Crippen LogP contribution in [0.2, 0.25) is 0 Å². The van der Waals surface area contributed by atoms with E-state index in [0.29, 0.717) is 0 Å². The van der Waals surface area contributed by atoms with Gasteiger partial charge in [-0.3, -0.25) is 14.9 Å². The lowest BCUT2D eigenvalue weighted by Gasteiger charge is -2.15. The Bertz CT molecular complexity index is 839. The minimum absolute atomic E-state index is 0.0819. The van der Waals surface area contributed by atoms with Gasteiger partial charge < -0.3 is 14.4 Å². The maximum Gasteiger partial charge on any atom is 0.321 e. The van der Waals surface area contributed by atoms with Crippen LogP contribution in [0, 0.1) is 0 Å². The number of esters is 1. The molecule has 142 valence electrons. The van der Waals surface area contributed by atoms with Gasteiger partial charge in [-0.25, -0.2) is 4.21 Å². The molecule has 0 radical (unpaired) electrons. The van der Waals surface area contributed by atoms with Gasteiger partial charge in [0.2, 0.25) is 0 Å². The highest BCUT2D eigenvalue weighted by Gasteiger charge is 2.29. The standard InChI is InChI=1S/C19H19NO6S/c21-18(9-20-17(19(22)23)11-27(24)25)26-10-16-14-7-3-1-5-12(14)13-6-2-4-8-15(13)16/h1-8,16-17,20H,9-11H2,(H,22,23)(H,24,25)/t17-/m0/s1. The molecule has 8 heteroatoms. The fourth-order valence-corrected chi connectivity index (χ4v) is 3.78. The Morgan fingerprint density at radius 2 is 1.63 bits per heavy atom. The first-order valence-corrected chi connectivity index (χ1v) is 9.62. The van der Waals surface area contributed by atoms with E-state index in [4.69, 9.17) is 14.4 Å². The molecule has 0 amide bonds. The number of rotatable bonds is 8. The Hall–Kier alpha value is -2.55. The van der Waals surface area contributed by atoms with Crippen molar-refractivity contribution in [3.63, 3.8) is 0 Å². The molecule has 0 spiro atoms. The largest absolute Gasteiger partial charge is 0.480 e. The summed E-state index contributed by atoms with van der Waals surface area (Å²) in [5, 5.41) is 11.4. The Balaban J connectivity index is 1.62. The van der Waals surface area contributed by atoms with Gasteiger partial charge in [-0.1, -0.05) is 48.5 Å². The zero-order valence-corrected chi connectivity index (χ0v) is 15.1. The number of benzene rings is 2. The first-order valence-electron chi connectivity index (χ1n) is 8.35. The van der Waals surface area contributed by atoms with Gasteiger partial charge in [-0.15, -0.1) is 0 Å². The summed E-state index contributed by atoms with van der Waals surface area (Å²) in [5.41, 5.74) is 4.39. The summed E-state index contributed by atoms with van der Waals surface area (Å²) in [6.45, 7) is -0.220. The van der Waals surface area contributed by atoms with Crippen molar-refractivity contribution in [2.24, 2.45) is 0 Å². The van der Waals surface area contributed by atoms with Gasteiger partial charge in [0.15, 0.2) is 11.1 Å². The molecular weight excluding hydrogens is 370 g/mol. The summed E-state index contributed by atoms with van der Waals surface area (Å²) < 4.78 is 24.9. The number of fused-ring (bicyclic) bond motifs is 3. The van der Waals surface area contributed by atoms with Gasteiger partial charge in [0, 0.05) is 5.92 Å². The topological polar surface area (TPSA) is 113 Å². The molecule has 0 aliphatic heterocycles. The lowest BCUT2D eigenvalue weighted by atomic mass is 9.98. The minimum atomic E-state index is -2.28. The lowest BCUT2D eigenvalue weighted by molar-refractivity contribution is -0.143. The molecule has 1 aliphatic rings. The van der Waals surface area contributed by atoms with Crippen molar-refractivity contribution >= 4 is 23.0 Å². The average Bonchev–Trinajstić information content (AvgIpc) is 2.97. The summed E-state index contributed by atoms with van der Waals surface area (Å²) in [6, 6.07) is 14.6. The number of ether oxygens (including phenoxy) is 1. The Morgan fingerprint density at radius 1 is 1.07 bits per heavy atom. The molecule has 1 aliphatic carbocycles. The summed E-state index contributed by atoms with van der Waals surface area (Å²) in [6.07, 6.45) is 0. The maximum atomic E-state index is 12.0. The first-order chi connectivity index (χ1) is 13.0. The van der Waals surface area contributed by atoms with Crippen molar-refractivity contribution in [2.75, 3.05) is 18.9 Å². The average molecular weight is 389 g/mol. The predicted octanol–water partition coefficient (Wildman–Crippen LogP) is 1.61. The van der Waals surface area contributed by atoms with Crippen molar-refractivity contribution in [2.45, 2.75) is 12.0 Å². The molecule has 2 atom stereocenters. The quantitative estimate of drug-likeness (QED) is 0.464. The van der Waals surface area contributed by atoms with Crippen LogP contribution in [0.15, 0.2) is 48.5 Å². The maximum absolute atomic E-state index is 12.0. The third-order valence-electron chi connectivity index (χ3n) is 4.47. The SMILES string of the molecule is O=C(CN[C@@H](CS(=O)O)C(=O)O)OCC1c2ccccc2-c2ccccc21. The zero-order chi connectivity index (χ0) is 19.4. The molecule has 2 aromatic carbocycles. The van der Waals surface area contributed by atoms with Crippen LogP contribution < -0.4 is 5.32 Å². The van der Waals surface area contributed by atoms with E-state index < -0.39 is 34.8 Å². The van der Waals surface area contributed by atoms with Crippen LogP contribution in [0.4, 0.5) is 0 Å². The van der Waals surface area contributed by atoms with Crippen molar-refractivity contribution < 1.29 is 28.2 Å². The minimum Gasteiger partial charge on any atom is -0.480 e. The second kappa shape index (κ2) is 8.43. The molecule has 3 N–H and O–H groups in total. The van der Waals surface area contributed by atoms with E-state index in [1.54, 1.807) is 0 Å². The van der Waals surface area contributed by atoms with E-state index in [1.807, 2.05) is 48.5 Å². The molecule has 2 aromatic rings. The summed E-state index contributed by atoms with van der Waals surface area (Å²) in [7, 11) is 0.